The Hall–Kier alpha value is -0.930. The van der Waals surface area contributed by atoms with Gasteiger partial charge in [0.25, 0.3) is 0 Å². The molecule has 0 bridgehead atoms. The summed E-state index contributed by atoms with van der Waals surface area (Å²) in [5.41, 5.74) is 0.397. The Kier molecular flexibility index (Phi) is 6.30. The molecule has 2 atom stereocenters. The Morgan fingerprint density at radius 3 is 2.61 bits per heavy atom. The molecule has 3 heteroatoms. The molecular weight excluding hydrogens is 229 g/mol. The average molecular weight is 253 g/mol. The van der Waals surface area contributed by atoms with Crippen LogP contribution >= 0.6 is 0 Å². The van der Waals surface area contributed by atoms with E-state index in [1.807, 2.05) is 14.0 Å². The van der Waals surface area contributed by atoms with Gasteiger partial charge in [-0.15, -0.1) is 0 Å². The molecule has 0 aliphatic rings. The molecule has 18 heavy (non-hydrogen) atoms. The summed E-state index contributed by atoms with van der Waals surface area (Å²) < 4.78 is 13.6. The molecule has 1 aromatic carbocycles. The minimum Gasteiger partial charge on any atom is -0.388 e. The summed E-state index contributed by atoms with van der Waals surface area (Å²) in [5.74, 6) is -0.309. The van der Waals surface area contributed by atoms with Crippen molar-refractivity contribution >= 4 is 0 Å². The predicted molar refractivity (Wildman–Crippen MR) is 72.9 cm³/mol. The number of hydrogen-bond acceptors (Lipinski definition) is 2. The summed E-state index contributed by atoms with van der Waals surface area (Å²) in [6, 6.07) is 6.45. The first-order chi connectivity index (χ1) is 8.56. The van der Waals surface area contributed by atoms with E-state index in [1.54, 1.807) is 18.2 Å². The molecule has 0 spiro atoms. The van der Waals surface area contributed by atoms with E-state index in [-0.39, 0.29) is 11.7 Å². The Morgan fingerprint density at radius 2 is 2.00 bits per heavy atom. The van der Waals surface area contributed by atoms with E-state index >= 15 is 0 Å². The third-order valence-electron chi connectivity index (χ3n) is 3.26. The molecule has 0 aliphatic carbocycles. The Morgan fingerprint density at radius 1 is 1.33 bits per heavy atom. The third-order valence-corrected chi connectivity index (χ3v) is 3.26. The van der Waals surface area contributed by atoms with Crippen LogP contribution in [0.15, 0.2) is 24.3 Å². The summed E-state index contributed by atoms with van der Waals surface area (Å²) in [6.07, 6.45) is 1.57. The summed E-state index contributed by atoms with van der Waals surface area (Å²) in [4.78, 5) is 2.19. The number of nitrogens with zero attached hydrogens (tertiary/aromatic N) is 1. The van der Waals surface area contributed by atoms with Gasteiger partial charge in [0.05, 0.1) is 6.10 Å². The summed E-state index contributed by atoms with van der Waals surface area (Å²) in [5, 5.41) is 10.2. The standard InChI is InChI=1S/C15H24FNO/c1-4-5-10-17(3)11-12(2)15(18)13-8-6-7-9-14(13)16/h6-9,12,15,18H,4-5,10-11H2,1-3H3. The molecule has 0 saturated carbocycles. The molecule has 1 rings (SSSR count). The first-order valence-electron chi connectivity index (χ1n) is 6.67. The van der Waals surface area contributed by atoms with E-state index < -0.39 is 6.10 Å². The third kappa shape index (κ3) is 4.39. The maximum Gasteiger partial charge on any atom is 0.129 e. The van der Waals surface area contributed by atoms with Crippen molar-refractivity contribution in [1.29, 1.82) is 0 Å². The predicted octanol–water partition coefficient (Wildman–Crippen LogP) is 3.23. The van der Waals surface area contributed by atoms with Gasteiger partial charge < -0.3 is 10.0 Å². The van der Waals surface area contributed by atoms with Crippen LogP contribution in [0.5, 0.6) is 0 Å². The topological polar surface area (TPSA) is 23.5 Å². The summed E-state index contributed by atoms with van der Waals surface area (Å²) in [6.45, 7) is 5.91. The maximum atomic E-state index is 13.6. The van der Waals surface area contributed by atoms with Gasteiger partial charge in [-0.1, -0.05) is 38.5 Å². The van der Waals surface area contributed by atoms with Crippen molar-refractivity contribution < 1.29 is 9.50 Å². The highest BCUT2D eigenvalue weighted by atomic mass is 19.1. The lowest BCUT2D eigenvalue weighted by Gasteiger charge is -2.25. The Labute approximate surface area is 109 Å². The van der Waals surface area contributed by atoms with Crippen molar-refractivity contribution in [2.45, 2.75) is 32.8 Å². The highest BCUT2D eigenvalue weighted by Gasteiger charge is 2.20. The molecule has 0 saturated heterocycles. The van der Waals surface area contributed by atoms with Crippen molar-refractivity contribution in [2.75, 3.05) is 20.1 Å². The number of unbranched alkanes of at least 4 members (excludes halogenated alkanes) is 1. The number of hydrogen-bond donors (Lipinski definition) is 1. The van der Waals surface area contributed by atoms with Crippen molar-refractivity contribution in [1.82, 2.24) is 4.90 Å². The summed E-state index contributed by atoms with van der Waals surface area (Å²) >= 11 is 0. The van der Waals surface area contributed by atoms with Crippen LogP contribution in [-0.2, 0) is 0 Å². The van der Waals surface area contributed by atoms with E-state index in [1.165, 1.54) is 6.07 Å². The normalized spacial score (nSPS) is 14.8. The van der Waals surface area contributed by atoms with Crippen molar-refractivity contribution in [3.8, 4) is 0 Å². The van der Waals surface area contributed by atoms with Gasteiger partial charge in [-0.05, 0) is 32.0 Å². The molecule has 1 N–H and O–H groups in total. The largest absolute Gasteiger partial charge is 0.388 e. The van der Waals surface area contributed by atoms with Crippen LogP contribution in [-0.4, -0.2) is 30.1 Å². The lowest BCUT2D eigenvalue weighted by Crippen LogP contribution is -2.28. The van der Waals surface area contributed by atoms with E-state index in [0.717, 1.165) is 25.9 Å². The van der Waals surface area contributed by atoms with Gasteiger partial charge in [-0.25, -0.2) is 4.39 Å². The van der Waals surface area contributed by atoms with Crippen molar-refractivity contribution in [2.24, 2.45) is 5.92 Å². The molecule has 102 valence electrons. The number of benzene rings is 1. The van der Waals surface area contributed by atoms with Gasteiger partial charge in [0.1, 0.15) is 5.82 Å². The molecule has 0 radical (unpaired) electrons. The second-order valence-electron chi connectivity index (χ2n) is 5.06. The number of aliphatic hydroxyl groups excluding tert-OH is 1. The fraction of sp³-hybridized carbons (Fsp3) is 0.600. The van der Waals surface area contributed by atoms with Gasteiger partial charge in [-0.2, -0.15) is 0 Å². The second kappa shape index (κ2) is 7.49. The molecule has 0 amide bonds. The molecule has 1 aromatic rings. The first kappa shape index (κ1) is 15.1. The van der Waals surface area contributed by atoms with Crippen LogP contribution in [0, 0.1) is 11.7 Å². The molecule has 2 nitrogen and oxygen atoms in total. The SMILES string of the molecule is CCCCN(C)CC(C)C(O)c1ccccc1F. The van der Waals surface area contributed by atoms with Crippen molar-refractivity contribution in [3.05, 3.63) is 35.6 Å². The zero-order valence-corrected chi connectivity index (χ0v) is 11.6. The van der Waals surface area contributed by atoms with E-state index in [0.29, 0.717) is 5.56 Å². The van der Waals surface area contributed by atoms with Crippen LogP contribution in [0.2, 0.25) is 0 Å². The number of aliphatic hydroxyl groups is 1. The maximum absolute atomic E-state index is 13.6. The molecule has 0 aliphatic heterocycles. The highest BCUT2D eigenvalue weighted by molar-refractivity contribution is 5.20. The van der Waals surface area contributed by atoms with Crippen LogP contribution in [0.25, 0.3) is 0 Å². The average Bonchev–Trinajstić information content (AvgIpc) is 2.36. The fourth-order valence-corrected chi connectivity index (χ4v) is 2.13. The van der Waals surface area contributed by atoms with Crippen LogP contribution in [0.1, 0.15) is 38.4 Å². The van der Waals surface area contributed by atoms with E-state index in [4.69, 9.17) is 0 Å². The molecule has 0 heterocycles. The Bertz CT molecular complexity index is 356. The van der Waals surface area contributed by atoms with Gasteiger partial charge in [0.2, 0.25) is 0 Å². The Balaban J connectivity index is 2.56. The lowest BCUT2D eigenvalue weighted by atomic mass is 9.96. The fourth-order valence-electron chi connectivity index (χ4n) is 2.13. The quantitative estimate of drug-likeness (QED) is 0.806. The van der Waals surface area contributed by atoms with Gasteiger partial charge >= 0.3 is 0 Å². The molecular formula is C15H24FNO. The smallest absolute Gasteiger partial charge is 0.129 e. The van der Waals surface area contributed by atoms with Gasteiger partial charge in [-0.3, -0.25) is 0 Å². The van der Waals surface area contributed by atoms with E-state index in [2.05, 4.69) is 11.8 Å². The summed E-state index contributed by atoms with van der Waals surface area (Å²) in [7, 11) is 2.04. The molecule has 2 unspecified atom stereocenters. The number of halogens is 1. The van der Waals surface area contributed by atoms with Crippen LogP contribution in [0.4, 0.5) is 4.39 Å². The van der Waals surface area contributed by atoms with Crippen LogP contribution in [0.3, 0.4) is 0 Å². The molecule has 0 fully saturated rings. The monoisotopic (exact) mass is 253 g/mol. The number of rotatable bonds is 7. The zero-order valence-electron chi connectivity index (χ0n) is 11.6. The minimum atomic E-state index is -0.740. The zero-order chi connectivity index (χ0) is 13.5. The first-order valence-corrected chi connectivity index (χ1v) is 6.67. The lowest BCUT2D eigenvalue weighted by molar-refractivity contribution is 0.0914. The van der Waals surface area contributed by atoms with Crippen molar-refractivity contribution in [3.63, 3.8) is 0 Å². The minimum absolute atomic E-state index is 0.0174. The van der Waals surface area contributed by atoms with Crippen LogP contribution < -0.4 is 0 Å². The van der Waals surface area contributed by atoms with Gasteiger partial charge in [0, 0.05) is 12.1 Å². The van der Waals surface area contributed by atoms with E-state index in [9.17, 15) is 9.50 Å². The second-order valence-corrected chi connectivity index (χ2v) is 5.06. The highest BCUT2D eigenvalue weighted by Crippen LogP contribution is 2.24. The van der Waals surface area contributed by atoms with Gasteiger partial charge in [0.15, 0.2) is 0 Å². The molecule has 0 aromatic heterocycles.